The molecule has 3 rings (SSSR count). The van der Waals surface area contributed by atoms with E-state index in [1.807, 2.05) is 24.3 Å². The van der Waals surface area contributed by atoms with Gasteiger partial charge in [0.25, 0.3) is 0 Å². The molecule has 0 saturated carbocycles. The number of benzene rings is 2. The van der Waals surface area contributed by atoms with E-state index in [4.69, 9.17) is 5.73 Å². The van der Waals surface area contributed by atoms with E-state index in [-0.39, 0.29) is 0 Å². The van der Waals surface area contributed by atoms with Crippen molar-refractivity contribution in [3.8, 4) is 11.5 Å². The molecule has 0 unspecified atom stereocenters. The molecular formula is C18H23N3O2. The van der Waals surface area contributed by atoms with Crippen LogP contribution < -0.4 is 5.73 Å². The zero-order chi connectivity index (χ0) is 16.2. The second kappa shape index (κ2) is 6.89. The van der Waals surface area contributed by atoms with Crippen LogP contribution in [-0.4, -0.2) is 46.2 Å². The lowest BCUT2D eigenvalue weighted by Crippen LogP contribution is -2.45. The Hall–Kier alpha value is -2.24. The maximum atomic E-state index is 9.92. The average molecular weight is 313 g/mol. The van der Waals surface area contributed by atoms with Gasteiger partial charge in [0, 0.05) is 56.1 Å². The topological polar surface area (TPSA) is 73.0 Å². The van der Waals surface area contributed by atoms with Crippen LogP contribution in [0.4, 0.5) is 5.69 Å². The third-order valence-electron chi connectivity index (χ3n) is 4.35. The van der Waals surface area contributed by atoms with Crippen molar-refractivity contribution in [2.24, 2.45) is 0 Å². The fraction of sp³-hybridized carbons (Fsp3) is 0.333. The number of hydrogen-bond acceptors (Lipinski definition) is 5. The number of nitrogen functional groups attached to an aromatic ring is 1. The van der Waals surface area contributed by atoms with Crippen molar-refractivity contribution in [3.63, 3.8) is 0 Å². The first-order valence-corrected chi connectivity index (χ1v) is 7.91. The van der Waals surface area contributed by atoms with Crippen LogP contribution in [0.1, 0.15) is 11.1 Å². The van der Waals surface area contributed by atoms with Crippen molar-refractivity contribution >= 4 is 5.69 Å². The lowest BCUT2D eigenvalue weighted by molar-refractivity contribution is 0.120. The number of hydrogen-bond donors (Lipinski definition) is 3. The van der Waals surface area contributed by atoms with Crippen LogP contribution in [-0.2, 0) is 13.1 Å². The Morgan fingerprint density at radius 1 is 0.783 bits per heavy atom. The zero-order valence-electron chi connectivity index (χ0n) is 13.2. The van der Waals surface area contributed by atoms with E-state index in [1.165, 1.54) is 0 Å². The van der Waals surface area contributed by atoms with Crippen molar-refractivity contribution in [2.45, 2.75) is 13.1 Å². The molecule has 2 aromatic rings. The number of para-hydroxylation sites is 1. The van der Waals surface area contributed by atoms with Gasteiger partial charge in [-0.1, -0.05) is 18.2 Å². The summed E-state index contributed by atoms with van der Waals surface area (Å²) in [5, 5.41) is 19.8. The number of phenolic OH excluding ortho intramolecular Hbond substituents is 2. The van der Waals surface area contributed by atoms with Crippen LogP contribution in [0.3, 0.4) is 0 Å². The Balaban J connectivity index is 1.54. The first-order chi connectivity index (χ1) is 11.1. The molecule has 1 aliphatic heterocycles. The van der Waals surface area contributed by atoms with Crippen LogP contribution in [0.2, 0.25) is 0 Å². The Kier molecular flexibility index (Phi) is 4.69. The molecule has 0 radical (unpaired) electrons. The van der Waals surface area contributed by atoms with Crippen LogP contribution in [0.5, 0.6) is 11.5 Å². The van der Waals surface area contributed by atoms with Gasteiger partial charge in [-0.25, -0.2) is 0 Å². The molecule has 5 nitrogen and oxygen atoms in total. The highest BCUT2D eigenvalue weighted by Gasteiger charge is 2.18. The molecular weight excluding hydrogens is 290 g/mol. The highest BCUT2D eigenvalue weighted by atomic mass is 16.3. The number of anilines is 1. The smallest absolute Gasteiger partial charge is 0.120 e. The van der Waals surface area contributed by atoms with E-state index in [9.17, 15) is 10.2 Å². The summed E-state index contributed by atoms with van der Waals surface area (Å²) in [5.74, 6) is 0.662. The third-order valence-corrected chi connectivity index (χ3v) is 4.35. The second-order valence-corrected chi connectivity index (χ2v) is 6.07. The standard InChI is InChI=1S/C18H23N3O2/c19-16-5-6-18(23)15(11-16)13-21-9-7-20(8-10-21)12-14-3-1-2-4-17(14)22/h1-6,11,22-23H,7-10,12-13,19H2. The molecule has 0 aromatic heterocycles. The van der Waals surface area contributed by atoms with E-state index in [1.54, 1.807) is 18.2 Å². The highest BCUT2D eigenvalue weighted by Crippen LogP contribution is 2.23. The summed E-state index contributed by atoms with van der Waals surface area (Å²) < 4.78 is 0. The van der Waals surface area contributed by atoms with Gasteiger partial charge >= 0.3 is 0 Å². The predicted octanol–water partition coefficient (Wildman–Crippen LogP) is 2.00. The van der Waals surface area contributed by atoms with Gasteiger partial charge in [0.05, 0.1) is 0 Å². The van der Waals surface area contributed by atoms with Gasteiger partial charge in [0.2, 0.25) is 0 Å². The number of nitrogens with zero attached hydrogens (tertiary/aromatic N) is 2. The van der Waals surface area contributed by atoms with Crippen molar-refractivity contribution < 1.29 is 10.2 Å². The molecule has 1 fully saturated rings. The molecule has 0 amide bonds. The Morgan fingerprint density at radius 2 is 1.35 bits per heavy atom. The van der Waals surface area contributed by atoms with Crippen molar-refractivity contribution in [3.05, 3.63) is 53.6 Å². The maximum absolute atomic E-state index is 9.92. The summed E-state index contributed by atoms with van der Waals surface area (Å²) in [5.41, 5.74) is 8.31. The molecule has 1 heterocycles. The molecule has 0 aliphatic carbocycles. The molecule has 5 heteroatoms. The number of aromatic hydroxyl groups is 2. The quantitative estimate of drug-likeness (QED) is 0.595. The molecule has 0 spiro atoms. The van der Waals surface area contributed by atoms with Crippen LogP contribution in [0, 0.1) is 0 Å². The van der Waals surface area contributed by atoms with Gasteiger partial charge in [0.1, 0.15) is 11.5 Å². The normalized spacial score (nSPS) is 16.5. The van der Waals surface area contributed by atoms with Gasteiger partial charge in [-0.05, 0) is 24.3 Å². The van der Waals surface area contributed by atoms with E-state index in [0.717, 1.165) is 43.9 Å². The maximum Gasteiger partial charge on any atom is 0.120 e. The van der Waals surface area contributed by atoms with Crippen LogP contribution in [0.25, 0.3) is 0 Å². The molecule has 2 aromatic carbocycles. The Labute approximate surface area is 136 Å². The van der Waals surface area contributed by atoms with Gasteiger partial charge in [0.15, 0.2) is 0 Å². The van der Waals surface area contributed by atoms with Crippen LogP contribution in [0.15, 0.2) is 42.5 Å². The third kappa shape index (κ3) is 3.94. The summed E-state index contributed by atoms with van der Waals surface area (Å²) in [6.45, 7) is 5.23. The van der Waals surface area contributed by atoms with Crippen molar-refractivity contribution in [2.75, 3.05) is 31.9 Å². The molecule has 0 atom stereocenters. The summed E-state index contributed by atoms with van der Waals surface area (Å²) in [7, 11) is 0. The van der Waals surface area contributed by atoms with E-state index < -0.39 is 0 Å². The molecule has 4 N–H and O–H groups in total. The van der Waals surface area contributed by atoms with E-state index >= 15 is 0 Å². The number of nitrogens with two attached hydrogens (primary N) is 1. The Morgan fingerprint density at radius 3 is 2.00 bits per heavy atom. The largest absolute Gasteiger partial charge is 0.508 e. The van der Waals surface area contributed by atoms with Gasteiger partial charge < -0.3 is 15.9 Å². The molecule has 122 valence electrons. The lowest BCUT2D eigenvalue weighted by Gasteiger charge is -2.35. The number of phenols is 2. The number of rotatable bonds is 4. The molecule has 1 aliphatic rings. The SMILES string of the molecule is Nc1ccc(O)c(CN2CCN(Cc3ccccc3O)CC2)c1. The zero-order valence-corrected chi connectivity index (χ0v) is 13.2. The van der Waals surface area contributed by atoms with Crippen molar-refractivity contribution in [1.29, 1.82) is 0 Å². The highest BCUT2D eigenvalue weighted by molar-refractivity contribution is 5.47. The van der Waals surface area contributed by atoms with Gasteiger partial charge in [-0.15, -0.1) is 0 Å². The second-order valence-electron chi connectivity index (χ2n) is 6.07. The number of piperazine rings is 1. The lowest BCUT2D eigenvalue weighted by atomic mass is 10.1. The molecule has 23 heavy (non-hydrogen) atoms. The van der Waals surface area contributed by atoms with Crippen LogP contribution >= 0.6 is 0 Å². The first-order valence-electron chi connectivity index (χ1n) is 7.91. The first kappa shape index (κ1) is 15.6. The van der Waals surface area contributed by atoms with E-state index in [2.05, 4.69) is 9.80 Å². The molecule has 1 saturated heterocycles. The fourth-order valence-corrected chi connectivity index (χ4v) is 2.96. The summed E-state index contributed by atoms with van der Waals surface area (Å²) in [6.07, 6.45) is 0. The minimum atomic E-state index is 0.302. The molecule has 0 bridgehead atoms. The minimum absolute atomic E-state index is 0.302. The predicted molar refractivity (Wildman–Crippen MR) is 91.2 cm³/mol. The Bertz CT molecular complexity index is 667. The van der Waals surface area contributed by atoms with Gasteiger partial charge in [-0.3, -0.25) is 9.80 Å². The van der Waals surface area contributed by atoms with E-state index in [0.29, 0.717) is 23.7 Å². The summed E-state index contributed by atoms with van der Waals surface area (Å²) in [4.78, 5) is 4.65. The fourth-order valence-electron chi connectivity index (χ4n) is 2.96. The van der Waals surface area contributed by atoms with Crippen molar-refractivity contribution in [1.82, 2.24) is 9.80 Å². The van der Waals surface area contributed by atoms with Gasteiger partial charge in [-0.2, -0.15) is 0 Å². The minimum Gasteiger partial charge on any atom is -0.508 e. The summed E-state index contributed by atoms with van der Waals surface area (Å²) >= 11 is 0. The summed E-state index contributed by atoms with van der Waals surface area (Å²) in [6, 6.07) is 12.7. The monoisotopic (exact) mass is 313 g/mol. The average Bonchev–Trinajstić information content (AvgIpc) is 2.55.